The van der Waals surface area contributed by atoms with Gasteiger partial charge in [-0.05, 0) is 30.7 Å². The molecule has 156 valence electrons. The highest BCUT2D eigenvalue weighted by atomic mass is 16.1. The molecule has 0 amide bonds. The van der Waals surface area contributed by atoms with E-state index in [1.807, 2.05) is 55.5 Å². The molecule has 1 aliphatic heterocycles. The van der Waals surface area contributed by atoms with Crippen LogP contribution < -0.4 is 4.90 Å². The van der Waals surface area contributed by atoms with Crippen molar-refractivity contribution in [1.29, 1.82) is 0 Å². The summed E-state index contributed by atoms with van der Waals surface area (Å²) in [4.78, 5) is 22.2. The lowest BCUT2D eigenvalue weighted by molar-refractivity contribution is 0.0807. The molecule has 0 radical (unpaired) electrons. The van der Waals surface area contributed by atoms with Gasteiger partial charge in [-0.2, -0.15) is 0 Å². The molecular weight excluding hydrogens is 382 g/mol. The number of para-hydroxylation sites is 2. The third kappa shape index (κ3) is 3.75. The van der Waals surface area contributed by atoms with Crippen LogP contribution in [0.2, 0.25) is 0 Å². The number of hydrogen-bond acceptors (Lipinski definition) is 3. The summed E-state index contributed by atoms with van der Waals surface area (Å²) < 4.78 is 0. The predicted octanol–water partition coefficient (Wildman–Crippen LogP) is 5.22. The van der Waals surface area contributed by atoms with E-state index in [4.69, 9.17) is 0 Å². The summed E-state index contributed by atoms with van der Waals surface area (Å²) in [5, 5.41) is 1.01. The predicted molar refractivity (Wildman–Crippen MR) is 127 cm³/mol. The summed E-state index contributed by atoms with van der Waals surface area (Å²) in [5.74, 6) is 0.175. The molecule has 1 N–H and O–H groups in total. The minimum Gasteiger partial charge on any atom is -0.369 e. The van der Waals surface area contributed by atoms with Crippen LogP contribution in [-0.4, -0.2) is 41.8 Å². The van der Waals surface area contributed by atoms with Crippen molar-refractivity contribution in [3.8, 4) is 0 Å². The Hall–Kier alpha value is -3.37. The number of fused-ring (bicyclic) bond motifs is 1. The smallest absolute Gasteiger partial charge is 0.186 e. The average Bonchev–Trinajstić information content (AvgIpc) is 3.16. The second-order valence-corrected chi connectivity index (χ2v) is 8.21. The maximum Gasteiger partial charge on any atom is 0.186 e. The molecule has 0 saturated carbocycles. The van der Waals surface area contributed by atoms with Crippen molar-refractivity contribution in [3.63, 3.8) is 0 Å². The van der Waals surface area contributed by atoms with Crippen LogP contribution in [0.4, 0.5) is 5.69 Å². The highest BCUT2D eigenvalue weighted by Gasteiger charge is 2.33. The topological polar surface area (TPSA) is 39.3 Å². The number of hydrogen-bond donors (Lipinski definition) is 1. The summed E-state index contributed by atoms with van der Waals surface area (Å²) in [6, 6.07) is 28.6. The summed E-state index contributed by atoms with van der Waals surface area (Å²) >= 11 is 0. The molecule has 4 heteroatoms. The molecule has 3 aromatic carbocycles. The zero-order valence-corrected chi connectivity index (χ0v) is 17.8. The van der Waals surface area contributed by atoms with Gasteiger partial charge in [0.15, 0.2) is 5.78 Å². The monoisotopic (exact) mass is 409 g/mol. The highest BCUT2D eigenvalue weighted by Crippen LogP contribution is 2.32. The Morgan fingerprint density at radius 3 is 2.13 bits per heavy atom. The van der Waals surface area contributed by atoms with E-state index in [0.717, 1.165) is 53.9 Å². The number of rotatable bonds is 5. The Morgan fingerprint density at radius 2 is 1.42 bits per heavy atom. The third-order valence-electron chi connectivity index (χ3n) is 6.30. The molecule has 1 saturated heterocycles. The van der Waals surface area contributed by atoms with Crippen molar-refractivity contribution < 1.29 is 4.79 Å². The van der Waals surface area contributed by atoms with Crippen molar-refractivity contribution in [3.05, 3.63) is 102 Å². The van der Waals surface area contributed by atoms with E-state index in [1.165, 1.54) is 5.69 Å². The molecular formula is C27H27N3O. The summed E-state index contributed by atoms with van der Waals surface area (Å²) in [6.07, 6.45) is 0. The molecule has 4 nitrogen and oxygen atoms in total. The Balaban J connectivity index is 1.47. The number of H-pyrrole nitrogens is 1. The van der Waals surface area contributed by atoms with E-state index in [0.29, 0.717) is 0 Å². The van der Waals surface area contributed by atoms with Gasteiger partial charge >= 0.3 is 0 Å². The first-order chi connectivity index (χ1) is 15.2. The lowest BCUT2D eigenvalue weighted by Crippen LogP contribution is -2.49. The molecule has 1 fully saturated rings. The third-order valence-corrected chi connectivity index (χ3v) is 6.30. The van der Waals surface area contributed by atoms with Gasteiger partial charge in [0.05, 0.1) is 6.04 Å². The maximum atomic E-state index is 14.0. The lowest BCUT2D eigenvalue weighted by Gasteiger charge is -2.40. The number of piperazine rings is 1. The summed E-state index contributed by atoms with van der Waals surface area (Å²) in [6.45, 7) is 5.52. The van der Waals surface area contributed by atoms with Crippen molar-refractivity contribution in [2.75, 3.05) is 31.1 Å². The molecule has 1 aromatic heterocycles. The number of ketones is 1. The van der Waals surface area contributed by atoms with Crippen LogP contribution in [0.25, 0.3) is 10.9 Å². The normalized spacial score (nSPS) is 15.8. The molecule has 1 aliphatic rings. The molecule has 1 atom stereocenters. The SMILES string of the molecule is Cc1[nH]c2ccccc2c1C(=O)[C@H](c1ccccc1)N1CCN(c2ccccc2)CC1. The first kappa shape index (κ1) is 19.6. The second kappa shape index (κ2) is 8.40. The van der Waals surface area contributed by atoms with Crippen molar-refractivity contribution >= 4 is 22.4 Å². The van der Waals surface area contributed by atoms with Gasteiger partial charge in [0.2, 0.25) is 0 Å². The van der Waals surface area contributed by atoms with Crippen LogP contribution in [0.15, 0.2) is 84.9 Å². The summed E-state index contributed by atoms with van der Waals surface area (Å²) in [7, 11) is 0. The number of aromatic nitrogens is 1. The minimum atomic E-state index is -0.281. The van der Waals surface area contributed by atoms with Crippen molar-refractivity contribution in [2.24, 2.45) is 0 Å². The van der Waals surface area contributed by atoms with Gasteiger partial charge in [-0.3, -0.25) is 9.69 Å². The number of aromatic amines is 1. The quantitative estimate of drug-likeness (QED) is 0.459. The Morgan fingerprint density at radius 1 is 0.806 bits per heavy atom. The number of aryl methyl sites for hydroxylation is 1. The number of Topliss-reactive ketones (excluding diaryl/α,β-unsaturated/α-hetero) is 1. The average molecular weight is 410 g/mol. The fourth-order valence-electron chi connectivity index (χ4n) is 4.77. The fraction of sp³-hybridized carbons (Fsp3) is 0.222. The number of nitrogens with one attached hydrogen (secondary N) is 1. The molecule has 0 unspecified atom stereocenters. The first-order valence-electron chi connectivity index (χ1n) is 10.9. The standard InChI is InChI=1S/C27H27N3O/c1-20-25(23-14-8-9-15-24(23)28-20)27(31)26(21-10-4-2-5-11-21)30-18-16-29(17-19-30)22-12-6-3-7-13-22/h2-15,26,28H,16-19H2,1H3/t26-/m0/s1. The van der Waals surface area contributed by atoms with Gasteiger partial charge in [-0.1, -0.05) is 66.7 Å². The largest absolute Gasteiger partial charge is 0.369 e. The molecule has 2 heterocycles. The molecule has 0 bridgehead atoms. The van der Waals surface area contributed by atoms with Gasteiger partial charge in [-0.15, -0.1) is 0 Å². The van der Waals surface area contributed by atoms with E-state index >= 15 is 0 Å². The molecule has 0 aliphatic carbocycles. The van der Waals surface area contributed by atoms with Crippen LogP contribution in [0.5, 0.6) is 0 Å². The van der Waals surface area contributed by atoms with Crippen LogP contribution in [-0.2, 0) is 0 Å². The van der Waals surface area contributed by atoms with E-state index in [2.05, 4.69) is 51.2 Å². The zero-order valence-electron chi connectivity index (χ0n) is 17.8. The number of anilines is 1. The van der Waals surface area contributed by atoms with Crippen molar-refractivity contribution in [2.45, 2.75) is 13.0 Å². The Kier molecular flexibility index (Phi) is 5.31. The molecule has 4 aromatic rings. The van der Waals surface area contributed by atoms with E-state index < -0.39 is 0 Å². The Labute approximate surface area is 183 Å². The van der Waals surface area contributed by atoms with Crippen molar-refractivity contribution in [1.82, 2.24) is 9.88 Å². The fourth-order valence-corrected chi connectivity index (χ4v) is 4.77. The van der Waals surface area contributed by atoms with Crippen LogP contribution in [0.1, 0.15) is 27.7 Å². The Bertz CT molecular complexity index is 1180. The van der Waals surface area contributed by atoms with Crippen LogP contribution in [0.3, 0.4) is 0 Å². The van der Waals surface area contributed by atoms with Gasteiger partial charge < -0.3 is 9.88 Å². The number of nitrogens with zero attached hydrogens (tertiary/aromatic N) is 2. The lowest BCUT2D eigenvalue weighted by atomic mass is 9.93. The number of carbonyl (C=O) groups excluding carboxylic acids is 1. The number of benzene rings is 3. The summed E-state index contributed by atoms with van der Waals surface area (Å²) in [5.41, 5.74) is 5.08. The van der Waals surface area contributed by atoms with Gasteiger partial charge in [0.1, 0.15) is 0 Å². The van der Waals surface area contributed by atoms with Gasteiger partial charge in [-0.25, -0.2) is 0 Å². The van der Waals surface area contributed by atoms with Gasteiger partial charge in [0, 0.05) is 54.0 Å². The maximum absolute atomic E-state index is 14.0. The molecule has 0 spiro atoms. The molecule has 31 heavy (non-hydrogen) atoms. The van der Waals surface area contributed by atoms with E-state index in [1.54, 1.807) is 0 Å². The zero-order chi connectivity index (χ0) is 21.2. The minimum absolute atomic E-state index is 0.175. The van der Waals surface area contributed by atoms with E-state index in [9.17, 15) is 4.79 Å². The highest BCUT2D eigenvalue weighted by molar-refractivity contribution is 6.11. The first-order valence-corrected chi connectivity index (χ1v) is 10.9. The second-order valence-electron chi connectivity index (χ2n) is 8.21. The van der Waals surface area contributed by atoms with Crippen LogP contribution in [0, 0.1) is 6.92 Å². The van der Waals surface area contributed by atoms with Crippen LogP contribution >= 0.6 is 0 Å². The van der Waals surface area contributed by atoms with Gasteiger partial charge in [0.25, 0.3) is 0 Å². The molecule has 5 rings (SSSR count). The van der Waals surface area contributed by atoms with E-state index in [-0.39, 0.29) is 11.8 Å². The number of carbonyl (C=O) groups is 1.